The normalized spacial score (nSPS) is 15.0. The Kier molecular flexibility index (Phi) is 5.27. The number of carbonyl (C=O) groups is 1. The molecule has 0 saturated carbocycles. The molecule has 1 N–H and O–H groups in total. The Hall–Kier alpha value is -2.06. The first-order chi connectivity index (χ1) is 10.9. The fraction of sp³-hybridized carbons (Fsp3) is 0.389. The van der Waals surface area contributed by atoms with Gasteiger partial charge in [-0.25, -0.2) is 4.98 Å². The second kappa shape index (κ2) is 7.01. The van der Waals surface area contributed by atoms with Gasteiger partial charge in [0.05, 0.1) is 21.9 Å². The maximum atomic E-state index is 12.4. The molecule has 0 saturated heterocycles. The van der Waals surface area contributed by atoms with Gasteiger partial charge in [0, 0.05) is 5.39 Å². The van der Waals surface area contributed by atoms with E-state index in [4.69, 9.17) is 0 Å². The summed E-state index contributed by atoms with van der Waals surface area (Å²) in [5, 5.41) is 13.7. The van der Waals surface area contributed by atoms with Crippen LogP contribution < -0.4 is 5.32 Å². The molecule has 2 rings (SSSR count). The Morgan fingerprint density at radius 1 is 1.26 bits per heavy atom. The number of rotatable bonds is 5. The van der Waals surface area contributed by atoms with Gasteiger partial charge in [0.25, 0.3) is 0 Å². The smallest absolute Gasteiger partial charge is 0.234 e. The maximum Gasteiger partial charge on any atom is 0.234 e. The number of fused-ring (bicyclic) bond motifs is 1. The summed E-state index contributed by atoms with van der Waals surface area (Å²) in [6, 6.07) is 14.0. The Morgan fingerprint density at radius 3 is 2.61 bits per heavy atom. The highest BCUT2D eigenvalue weighted by Gasteiger charge is 2.31. The van der Waals surface area contributed by atoms with Gasteiger partial charge in [-0.3, -0.25) is 4.79 Å². The monoisotopic (exact) mass is 327 g/mol. The number of amides is 1. The molecule has 2 unspecified atom stereocenters. The second-order valence-electron chi connectivity index (χ2n) is 6.06. The van der Waals surface area contributed by atoms with Gasteiger partial charge >= 0.3 is 0 Å². The van der Waals surface area contributed by atoms with Gasteiger partial charge in [0.1, 0.15) is 5.54 Å². The van der Waals surface area contributed by atoms with Crippen LogP contribution in [0, 0.1) is 17.2 Å². The third kappa shape index (κ3) is 4.02. The number of hydrogen-bond donors (Lipinski definition) is 1. The number of carbonyl (C=O) groups excluding carboxylic acids is 1. The van der Waals surface area contributed by atoms with Crippen LogP contribution in [0.15, 0.2) is 41.4 Å². The Morgan fingerprint density at radius 2 is 1.96 bits per heavy atom. The quantitative estimate of drug-likeness (QED) is 0.849. The van der Waals surface area contributed by atoms with E-state index in [-0.39, 0.29) is 17.1 Å². The fourth-order valence-corrected chi connectivity index (χ4v) is 2.83. The first-order valence-electron chi connectivity index (χ1n) is 7.61. The molecular weight excluding hydrogens is 306 g/mol. The first kappa shape index (κ1) is 17.3. The highest BCUT2D eigenvalue weighted by atomic mass is 32.2. The van der Waals surface area contributed by atoms with Gasteiger partial charge in [-0.05, 0) is 31.9 Å². The standard InChI is InChI=1S/C18H21N3OS/c1-12(2)18(4,11-19)21-17(22)13(3)23-16-10-9-14-7-5-6-8-15(14)20-16/h5-10,12-13H,1-4H3,(H,21,22). The zero-order chi connectivity index (χ0) is 17.0. The van der Waals surface area contributed by atoms with Crippen LogP contribution >= 0.6 is 11.8 Å². The minimum Gasteiger partial charge on any atom is -0.337 e. The summed E-state index contributed by atoms with van der Waals surface area (Å²) in [7, 11) is 0. The average Bonchev–Trinajstić information content (AvgIpc) is 2.54. The van der Waals surface area contributed by atoms with E-state index in [1.54, 1.807) is 6.92 Å². The van der Waals surface area contributed by atoms with Crippen LogP contribution in [0.1, 0.15) is 27.7 Å². The lowest BCUT2D eigenvalue weighted by Crippen LogP contribution is -2.51. The predicted molar refractivity (Wildman–Crippen MR) is 94.1 cm³/mol. The van der Waals surface area contributed by atoms with Crippen molar-refractivity contribution in [1.29, 1.82) is 5.26 Å². The number of benzene rings is 1. The number of pyridine rings is 1. The van der Waals surface area contributed by atoms with Gasteiger partial charge in [0.2, 0.25) is 5.91 Å². The van der Waals surface area contributed by atoms with Gasteiger partial charge in [0.15, 0.2) is 0 Å². The third-order valence-corrected chi connectivity index (χ3v) is 5.05. The maximum absolute atomic E-state index is 12.4. The highest BCUT2D eigenvalue weighted by Crippen LogP contribution is 2.25. The van der Waals surface area contributed by atoms with Crippen molar-refractivity contribution >= 4 is 28.6 Å². The molecule has 23 heavy (non-hydrogen) atoms. The summed E-state index contributed by atoms with van der Waals surface area (Å²) in [5.41, 5.74) is 0.0528. The lowest BCUT2D eigenvalue weighted by Gasteiger charge is -2.28. The molecule has 1 aromatic heterocycles. The third-order valence-electron chi connectivity index (χ3n) is 4.01. The van der Waals surface area contributed by atoms with Gasteiger partial charge < -0.3 is 5.32 Å². The summed E-state index contributed by atoms with van der Waals surface area (Å²) in [6.45, 7) is 7.43. The van der Waals surface area contributed by atoms with Crippen molar-refractivity contribution in [3.05, 3.63) is 36.4 Å². The molecule has 1 amide bonds. The Balaban J connectivity index is 2.09. The van der Waals surface area contributed by atoms with Crippen molar-refractivity contribution in [3.8, 4) is 6.07 Å². The molecule has 0 aliphatic heterocycles. The fourth-order valence-electron chi connectivity index (χ4n) is 2.01. The molecule has 1 heterocycles. The van der Waals surface area contributed by atoms with Crippen molar-refractivity contribution in [2.75, 3.05) is 0 Å². The largest absolute Gasteiger partial charge is 0.337 e. The lowest BCUT2D eigenvalue weighted by atomic mass is 9.90. The number of nitrogens with one attached hydrogen (secondary N) is 1. The van der Waals surface area contributed by atoms with Crippen molar-refractivity contribution in [2.24, 2.45) is 5.92 Å². The first-order valence-corrected chi connectivity index (χ1v) is 8.49. The topological polar surface area (TPSA) is 65.8 Å². The number of aromatic nitrogens is 1. The summed E-state index contributed by atoms with van der Waals surface area (Å²) in [4.78, 5) is 16.9. The van der Waals surface area contributed by atoms with E-state index in [0.717, 1.165) is 15.9 Å². The average molecular weight is 327 g/mol. The molecule has 2 aromatic rings. The van der Waals surface area contributed by atoms with Crippen LogP contribution in [0.5, 0.6) is 0 Å². The van der Waals surface area contributed by atoms with E-state index < -0.39 is 5.54 Å². The second-order valence-corrected chi connectivity index (χ2v) is 7.42. The van der Waals surface area contributed by atoms with Crippen LogP contribution in [0.2, 0.25) is 0 Å². The van der Waals surface area contributed by atoms with E-state index in [0.29, 0.717) is 0 Å². The van der Waals surface area contributed by atoms with Crippen molar-refractivity contribution < 1.29 is 4.79 Å². The lowest BCUT2D eigenvalue weighted by molar-refractivity contribution is -0.121. The molecule has 0 radical (unpaired) electrons. The minimum atomic E-state index is -0.858. The van der Waals surface area contributed by atoms with Crippen LogP contribution in [0.25, 0.3) is 10.9 Å². The van der Waals surface area contributed by atoms with E-state index >= 15 is 0 Å². The zero-order valence-corrected chi connectivity index (χ0v) is 14.6. The summed E-state index contributed by atoms with van der Waals surface area (Å²) in [6.07, 6.45) is 0. The Bertz CT molecular complexity index is 753. The number of nitriles is 1. The van der Waals surface area contributed by atoms with Crippen LogP contribution in [-0.2, 0) is 4.79 Å². The molecule has 120 valence electrons. The number of nitrogens with zero attached hydrogens (tertiary/aromatic N) is 2. The van der Waals surface area contributed by atoms with E-state index in [2.05, 4.69) is 16.4 Å². The molecule has 4 nitrogen and oxygen atoms in total. The molecule has 0 bridgehead atoms. The number of para-hydroxylation sites is 1. The minimum absolute atomic E-state index is 0.0347. The van der Waals surface area contributed by atoms with E-state index in [1.165, 1.54) is 11.8 Å². The van der Waals surface area contributed by atoms with Gasteiger partial charge in [-0.15, -0.1) is 0 Å². The molecular formula is C18H21N3OS. The molecule has 0 aliphatic rings. The van der Waals surface area contributed by atoms with Crippen molar-refractivity contribution in [1.82, 2.24) is 10.3 Å². The van der Waals surface area contributed by atoms with Crippen LogP contribution in [0.3, 0.4) is 0 Å². The molecule has 5 heteroatoms. The molecule has 0 spiro atoms. The van der Waals surface area contributed by atoms with Crippen molar-refractivity contribution in [2.45, 2.75) is 43.5 Å². The zero-order valence-electron chi connectivity index (χ0n) is 13.8. The predicted octanol–water partition coefficient (Wildman–Crippen LogP) is 3.77. The summed E-state index contributed by atoms with van der Waals surface area (Å²) >= 11 is 1.40. The summed E-state index contributed by atoms with van der Waals surface area (Å²) < 4.78 is 0. The van der Waals surface area contributed by atoms with Crippen LogP contribution in [0.4, 0.5) is 0 Å². The number of hydrogen-bond acceptors (Lipinski definition) is 4. The SMILES string of the molecule is CC(Sc1ccc2ccccc2n1)C(=O)NC(C)(C#N)C(C)C. The van der Waals surface area contributed by atoms with Gasteiger partial charge in [-0.1, -0.05) is 49.9 Å². The number of thioether (sulfide) groups is 1. The molecule has 0 fully saturated rings. The molecule has 2 atom stereocenters. The van der Waals surface area contributed by atoms with Crippen molar-refractivity contribution in [3.63, 3.8) is 0 Å². The molecule has 0 aliphatic carbocycles. The van der Waals surface area contributed by atoms with E-state index in [1.807, 2.05) is 57.2 Å². The summed E-state index contributed by atoms with van der Waals surface area (Å²) in [5.74, 6) is -0.116. The van der Waals surface area contributed by atoms with Crippen LogP contribution in [-0.4, -0.2) is 21.7 Å². The van der Waals surface area contributed by atoms with E-state index in [9.17, 15) is 10.1 Å². The van der Waals surface area contributed by atoms with Gasteiger partial charge in [-0.2, -0.15) is 5.26 Å². The Labute approximate surface area is 141 Å². The molecule has 1 aromatic carbocycles. The highest BCUT2D eigenvalue weighted by molar-refractivity contribution is 8.00.